The predicted molar refractivity (Wildman–Crippen MR) is 79.2 cm³/mol. The summed E-state index contributed by atoms with van der Waals surface area (Å²) in [5, 5.41) is 9.46. The van der Waals surface area contributed by atoms with Gasteiger partial charge in [-0.05, 0) is 12.5 Å². The third-order valence-corrected chi connectivity index (χ3v) is 2.98. The molecule has 0 saturated heterocycles. The smallest absolute Gasteiger partial charge is 0.271 e. The average Bonchev–Trinajstić information content (AvgIpc) is 2.91. The summed E-state index contributed by atoms with van der Waals surface area (Å²) in [6.45, 7) is 2.80. The summed E-state index contributed by atoms with van der Waals surface area (Å²) in [4.78, 5) is 23.8. The van der Waals surface area contributed by atoms with Gasteiger partial charge in [0.1, 0.15) is 5.69 Å². The first-order chi connectivity index (χ1) is 10.2. The van der Waals surface area contributed by atoms with Gasteiger partial charge in [0, 0.05) is 19.7 Å². The SMILES string of the molecule is CCNC(=O)c1cc(C(=O)NC)nn1Cc1ccccc1. The minimum Gasteiger partial charge on any atom is -0.354 e. The Hall–Kier alpha value is -2.63. The van der Waals surface area contributed by atoms with Crippen LogP contribution in [0.4, 0.5) is 0 Å². The molecule has 0 aliphatic carbocycles. The maximum Gasteiger partial charge on any atom is 0.271 e. The highest BCUT2D eigenvalue weighted by molar-refractivity contribution is 5.97. The van der Waals surface area contributed by atoms with Crippen LogP contribution in [0.1, 0.15) is 33.5 Å². The standard InChI is InChI=1S/C15H18N4O2/c1-3-17-15(21)13-9-12(14(20)16-2)18-19(13)10-11-7-5-4-6-8-11/h4-9H,3,10H2,1-2H3,(H,16,20)(H,17,21). The highest BCUT2D eigenvalue weighted by Crippen LogP contribution is 2.09. The molecule has 2 N–H and O–H groups in total. The van der Waals surface area contributed by atoms with Crippen molar-refractivity contribution in [1.29, 1.82) is 0 Å². The van der Waals surface area contributed by atoms with Crippen LogP contribution in [-0.4, -0.2) is 35.2 Å². The summed E-state index contributed by atoms with van der Waals surface area (Å²) in [6, 6.07) is 11.2. The number of carbonyl (C=O) groups excluding carboxylic acids is 2. The number of aromatic nitrogens is 2. The summed E-state index contributed by atoms with van der Waals surface area (Å²) in [6.07, 6.45) is 0. The van der Waals surface area contributed by atoms with Gasteiger partial charge in [-0.15, -0.1) is 0 Å². The van der Waals surface area contributed by atoms with Crippen LogP contribution >= 0.6 is 0 Å². The molecule has 0 aliphatic heterocycles. The zero-order valence-corrected chi connectivity index (χ0v) is 12.1. The number of hydrogen-bond acceptors (Lipinski definition) is 3. The van der Waals surface area contributed by atoms with Crippen LogP contribution in [0.3, 0.4) is 0 Å². The Morgan fingerprint density at radius 1 is 1.19 bits per heavy atom. The molecule has 2 amide bonds. The van der Waals surface area contributed by atoms with E-state index in [-0.39, 0.29) is 17.5 Å². The summed E-state index contributed by atoms with van der Waals surface area (Å²) in [7, 11) is 1.53. The lowest BCUT2D eigenvalue weighted by molar-refractivity contribution is 0.0941. The fourth-order valence-corrected chi connectivity index (χ4v) is 1.97. The third kappa shape index (κ3) is 3.47. The Bertz CT molecular complexity index is 634. The fourth-order valence-electron chi connectivity index (χ4n) is 1.97. The molecule has 0 atom stereocenters. The van der Waals surface area contributed by atoms with Crippen LogP contribution in [0.5, 0.6) is 0 Å². The van der Waals surface area contributed by atoms with Crippen molar-refractivity contribution < 1.29 is 9.59 Å². The van der Waals surface area contributed by atoms with Crippen molar-refractivity contribution in [2.45, 2.75) is 13.5 Å². The second-order valence-corrected chi connectivity index (χ2v) is 4.50. The van der Waals surface area contributed by atoms with E-state index in [0.717, 1.165) is 5.56 Å². The van der Waals surface area contributed by atoms with Gasteiger partial charge in [-0.25, -0.2) is 0 Å². The summed E-state index contributed by atoms with van der Waals surface area (Å²) in [5.74, 6) is -0.552. The molecule has 0 unspecified atom stereocenters. The minimum absolute atomic E-state index is 0.231. The Balaban J connectivity index is 2.35. The highest BCUT2D eigenvalue weighted by Gasteiger charge is 2.18. The van der Waals surface area contributed by atoms with Crippen LogP contribution in [0.15, 0.2) is 36.4 Å². The number of benzene rings is 1. The van der Waals surface area contributed by atoms with E-state index in [4.69, 9.17) is 0 Å². The maximum absolute atomic E-state index is 12.1. The summed E-state index contributed by atoms with van der Waals surface area (Å²) < 4.78 is 1.55. The number of nitrogens with one attached hydrogen (secondary N) is 2. The minimum atomic E-state index is -0.313. The molecule has 0 aliphatic rings. The van der Waals surface area contributed by atoms with Gasteiger partial charge in [0.05, 0.1) is 6.54 Å². The molecule has 2 aromatic rings. The largest absolute Gasteiger partial charge is 0.354 e. The number of rotatable bonds is 5. The molecular formula is C15H18N4O2. The molecule has 0 bridgehead atoms. The molecule has 0 saturated carbocycles. The van der Waals surface area contributed by atoms with Crippen LogP contribution in [0, 0.1) is 0 Å². The second kappa shape index (κ2) is 6.69. The monoisotopic (exact) mass is 286 g/mol. The van der Waals surface area contributed by atoms with Crippen LogP contribution in [-0.2, 0) is 6.54 Å². The Morgan fingerprint density at radius 2 is 1.90 bits per heavy atom. The normalized spacial score (nSPS) is 10.2. The number of carbonyl (C=O) groups is 2. The Morgan fingerprint density at radius 3 is 2.52 bits per heavy atom. The van der Waals surface area contributed by atoms with Crippen molar-refractivity contribution in [2.24, 2.45) is 0 Å². The van der Waals surface area contributed by atoms with E-state index in [0.29, 0.717) is 18.8 Å². The number of nitrogens with zero attached hydrogens (tertiary/aromatic N) is 2. The molecule has 1 aromatic heterocycles. The van der Waals surface area contributed by atoms with E-state index < -0.39 is 0 Å². The highest BCUT2D eigenvalue weighted by atomic mass is 16.2. The van der Waals surface area contributed by atoms with Crippen molar-refractivity contribution >= 4 is 11.8 Å². The van der Waals surface area contributed by atoms with E-state index in [9.17, 15) is 9.59 Å². The van der Waals surface area contributed by atoms with Crippen molar-refractivity contribution in [1.82, 2.24) is 20.4 Å². The predicted octanol–water partition coefficient (Wildman–Crippen LogP) is 1.04. The lowest BCUT2D eigenvalue weighted by atomic mass is 10.2. The van der Waals surface area contributed by atoms with Crippen molar-refractivity contribution in [3.8, 4) is 0 Å². The van der Waals surface area contributed by atoms with Gasteiger partial charge in [-0.2, -0.15) is 5.10 Å². The van der Waals surface area contributed by atoms with Crippen molar-refractivity contribution in [2.75, 3.05) is 13.6 Å². The zero-order valence-electron chi connectivity index (χ0n) is 12.1. The molecule has 0 radical (unpaired) electrons. The summed E-state index contributed by atoms with van der Waals surface area (Å²) >= 11 is 0. The quantitative estimate of drug-likeness (QED) is 0.862. The molecule has 2 rings (SSSR count). The number of hydrogen-bond donors (Lipinski definition) is 2. The first kappa shape index (κ1) is 14.8. The zero-order chi connectivity index (χ0) is 15.2. The second-order valence-electron chi connectivity index (χ2n) is 4.50. The lowest BCUT2D eigenvalue weighted by Crippen LogP contribution is -2.26. The third-order valence-electron chi connectivity index (χ3n) is 2.98. The molecule has 6 nitrogen and oxygen atoms in total. The summed E-state index contributed by atoms with van der Waals surface area (Å²) in [5.41, 5.74) is 1.61. The van der Waals surface area contributed by atoms with Gasteiger partial charge in [-0.1, -0.05) is 30.3 Å². The van der Waals surface area contributed by atoms with Gasteiger partial charge in [0.15, 0.2) is 5.69 Å². The Kier molecular flexibility index (Phi) is 4.71. The van der Waals surface area contributed by atoms with Crippen LogP contribution in [0.25, 0.3) is 0 Å². The first-order valence-corrected chi connectivity index (χ1v) is 6.77. The molecule has 0 fully saturated rings. The van der Waals surface area contributed by atoms with Gasteiger partial charge in [0.2, 0.25) is 0 Å². The molecule has 0 spiro atoms. The molecule has 1 heterocycles. The van der Waals surface area contributed by atoms with E-state index >= 15 is 0 Å². The fraction of sp³-hybridized carbons (Fsp3) is 0.267. The van der Waals surface area contributed by atoms with Crippen LogP contribution in [0.2, 0.25) is 0 Å². The molecule has 21 heavy (non-hydrogen) atoms. The van der Waals surface area contributed by atoms with Crippen molar-refractivity contribution in [3.05, 3.63) is 53.3 Å². The van der Waals surface area contributed by atoms with E-state index in [2.05, 4.69) is 15.7 Å². The molecule has 110 valence electrons. The van der Waals surface area contributed by atoms with Crippen LogP contribution < -0.4 is 10.6 Å². The topological polar surface area (TPSA) is 76.0 Å². The molecule has 6 heteroatoms. The molecular weight excluding hydrogens is 268 g/mol. The maximum atomic E-state index is 12.1. The van der Waals surface area contributed by atoms with Gasteiger partial charge in [0.25, 0.3) is 11.8 Å². The first-order valence-electron chi connectivity index (χ1n) is 6.77. The lowest BCUT2D eigenvalue weighted by Gasteiger charge is -2.07. The van der Waals surface area contributed by atoms with Gasteiger partial charge >= 0.3 is 0 Å². The average molecular weight is 286 g/mol. The Labute approximate surface area is 123 Å². The van der Waals surface area contributed by atoms with E-state index in [1.165, 1.54) is 13.1 Å². The number of amides is 2. The van der Waals surface area contributed by atoms with E-state index in [1.807, 2.05) is 37.3 Å². The van der Waals surface area contributed by atoms with Gasteiger partial charge in [-0.3, -0.25) is 14.3 Å². The molecule has 1 aromatic carbocycles. The van der Waals surface area contributed by atoms with Crippen molar-refractivity contribution in [3.63, 3.8) is 0 Å². The van der Waals surface area contributed by atoms with Gasteiger partial charge < -0.3 is 10.6 Å². The van der Waals surface area contributed by atoms with E-state index in [1.54, 1.807) is 4.68 Å².